The van der Waals surface area contributed by atoms with Gasteiger partial charge in [-0.2, -0.15) is 0 Å². The van der Waals surface area contributed by atoms with Gasteiger partial charge in [-0.25, -0.2) is 8.42 Å². The van der Waals surface area contributed by atoms with Gasteiger partial charge in [-0.1, -0.05) is 19.1 Å². The average molecular weight is 284 g/mol. The predicted octanol–water partition coefficient (Wildman–Crippen LogP) is 0.252. The van der Waals surface area contributed by atoms with E-state index >= 15 is 0 Å². The highest BCUT2D eigenvalue weighted by Crippen LogP contribution is 2.53. The molecule has 0 amide bonds. The van der Waals surface area contributed by atoms with Crippen molar-refractivity contribution in [2.24, 2.45) is 11.5 Å². The molecule has 1 saturated carbocycles. The Balaban J connectivity index is 2.34. The van der Waals surface area contributed by atoms with E-state index in [9.17, 15) is 8.42 Å². The van der Waals surface area contributed by atoms with Gasteiger partial charge in [0.15, 0.2) is 9.84 Å². The molecule has 3 atom stereocenters. The molecule has 0 saturated heterocycles. The fraction of sp³-hybridized carbons (Fsp3) is 0.538. The van der Waals surface area contributed by atoms with E-state index in [0.29, 0.717) is 0 Å². The van der Waals surface area contributed by atoms with E-state index in [4.69, 9.17) is 16.2 Å². The minimum Gasteiger partial charge on any atom is -0.497 e. The second-order valence-electron chi connectivity index (χ2n) is 4.94. The summed E-state index contributed by atoms with van der Waals surface area (Å²) in [5.74, 6) is 0.589. The van der Waals surface area contributed by atoms with E-state index in [1.54, 1.807) is 26.2 Å². The molecule has 2 rings (SSSR count). The molecule has 5 nitrogen and oxygen atoms in total. The number of sulfone groups is 1. The average Bonchev–Trinajstić information content (AvgIpc) is 3.07. The van der Waals surface area contributed by atoms with E-state index in [0.717, 1.165) is 11.3 Å². The molecule has 0 aromatic heterocycles. The lowest BCUT2D eigenvalue weighted by atomic mass is 10.1. The van der Waals surface area contributed by atoms with Gasteiger partial charge in [0.1, 0.15) is 5.75 Å². The number of ether oxygens (including phenoxy) is 1. The quantitative estimate of drug-likeness (QED) is 0.808. The van der Waals surface area contributed by atoms with E-state index < -0.39 is 20.6 Å². The summed E-state index contributed by atoms with van der Waals surface area (Å²) in [5, 5.41) is -0.580. The minimum atomic E-state index is -3.19. The zero-order valence-corrected chi connectivity index (χ0v) is 12.0. The van der Waals surface area contributed by atoms with E-state index in [-0.39, 0.29) is 18.2 Å². The molecule has 106 valence electrons. The second-order valence-corrected chi connectivity index (χ2v) is 7.35. The Morgan fingerprint density at radius 2 is 1.89 bits per heavy atom. The van der Waals surface area contributed by atoms with Gasteiger partial charge in [-0.3, -0.25) is 0 Å². The Bertz CT molecular complexity index is 556. The third-order valence-electron chi connectivity index (χ3n) is 3.92. The standard InChI is InChI=1S/C13H20N2O3S/c1-3-19(16,17)12-11(13(12,15)8-14)9-4-6-10(18-2)7-5-9/h4-7,11-12H,3,8,14-15H2,1-2H3. The Morgan fingerprint density at radius 1 is 1.32 bits per heavy atom. The summed E-state index contributed by atoms with van der Waals surface area (Å²) in [7, 11) is -1.61. The molecule has 0 heterocycles. The Kier molecular flexibility index (Phi) is 3.59. The first-order valence-electron chi connectivity index (χ1n) is 6.25. The maximum absolute atomic E-state index is 12.1. The third kappa shape index (κ3) is 2.24. The predicted molar refractivity (Wildman–Crippen MR) is 75.0 cm³/mol. The lowest BCUT2D eigenvalue weighted by Crippen LogP contribution is -2.39. The van der Waals surface area contributed by atoms with Crippen molar-refractivity contribution in [1.82, 2.24) is 0 Å². The lowest BCUT2D eigenvalue weighted by Gasteiger charge is -2.08. The van der Waals surface area contributed by atoms with Crippen molar-refractivity contribution in [1.29, 1.82) is 0 Å². The van der Waals surface area contributed by atoms with Crippen molar-refractivity contribution < 1.29 is 13.2 Å². The highest BCUT2D eigenvalue weighted by molar-refractivity contribution is 7.92. The Morgan fingerprint density at radius 3 is 2.32 bits per heavy atom. The van der Waals surface area contributed by atoms with Gasteiger partial charge in [0.05, 0.1) is 17.9 Å². The van der Waals surface area contributed by atoms with Crippen LogP contribution in [0.3, 0.4) is 0 Å². The van der Waals surface area contributed by atoms with E-state index in [1.165, 1.54) is 0 Å². The molecule has 1 aromatic rings. The van der Waals surface area contributed by atoms with Gasteiger partial charge in [0.2, 0.25) is 0 Å². The Hall–Kier alpha value is -1.11. The topological polar surface area (TPSA) is 95.4 Å². The normalized spacial score (nSPS) is 30.1. The lowest BCUT2D eigenvalue weighted by molar-refractivity contribution is 0.414. The van der Waals surface area contributed by atoms with Crippen molar-refractivity contribution in [2.45, 2.75) is 23.6 Å². The van der Waals surface area contributed by atoms with Crippen molar-refractivity contribution in [2.75, 3.05) is 19.4 Å². The molecule has 4 N–H and O–H groups in total. The monoisotopic (exact) mass is 284 g/mol. The fourth-order valence-corrected chi connectivity index (χ4v) is 4.70. The summed E-state index contributed by atoms with van der Waals surface area (Å²) in [5.41, 5.74) is 11.9. The van der Waals surface area contributed by atoms with Gasteiger partial charge in [0.25, 0.3) is 0 Å². The molecule has 0 aliphatic heterocycles. The molecule has 1 aromatic carbocycles. The molecule has 1 aliphatic rings. The highest BCUT2D eigenvalue weighted by Gasteiger charge is 2.67. The SMILES string of the molecule is CCS(=O)(=O)C1C(c2ccc(OC)cc2)C1(N)CN. The number of rotatable bonds is 5. The molecular formula is C13H20N2O3S. The molecule has 1 fully saturated rings. The maximum atomic E-state index is 12.1. The minimum absolute atomic E-state index is 0.0866. The van der Waals surface area contributed by atoms with Gasteiger partial charge in [0, 0.05) is 18.2 Å². The number of hydrogen-bond acceptors (Lipinski definition) is 5. The van der Waals surface area contributed by atoms with Crippen LogP contribution in [0.5, 0.6) is 5.75 Å². The highest BCUT2D eigenvalue weighted by atomic mass is 32.2. The maximum Gasteiger partial charge on any atom is 0.155 e. The second kappa shape index (κ2) is 4.77. The number of benzene rings is 1. The molecule has 19 heavy (non-hydrogen) atoms. The molecule has 3 unspecified atom stereocenters. The van der Waals surface area contributed by atoms with E-state index in [2.05, 4.69) is 0 Å². The van der Waals surface area contributed by atoms with Crippen LogP contribution in [0, 0.1) is 0 Å². The first-order chi connectivity index (χ1) is 8.90. The van der Waals surface area contributed by atoms with Crippen molar-refractivity contribution in [3.05, 3.63) is 29.8 Å². The van der Waals surface area contributed by atoms with Crippen LogP contribution >= 0.6 is 0 Å². The van der Waals surface area contributed by atoms with Gasteiger partial charge in [-0.05, 0) is 17.7 Å². The molecular weight excluding hydrogens is 264 g/mol. The van der Waals surface area contributed by atoms with Crippen LogP contribution in [-0.2, 0) is 9.84 Å². The largest absolute Gasteiger partial charge is 0.497 e. The van der Waals surface area contributed by atoms with Crippen LogP contribution in [-0.4, -0.2) is 38.6 Å². The van der Waals surface area contributed by atoms with Crippen molar-refractivity contribution in [3.8, 4) is 5.75 Å². The molecule has 0 bridgehead atoms. The number of hydrogen-bond donors (Lipinski definition) is 2. The Labute approximate surface area is 113 Å². The molecule has 0 spiro atoms. The van der Waals surface area contributed by atoms with Crippen LogP contribution < -0.4 is 16.2 Å². The first-order valence-corrected chi connectivity index (χ1v) is 7.96. The van der Waals surface area contributed by atoms with Gasteiger partial charge < -0.3 is 16.2 Å². The molecule has 6 heteroatoms. The summed E-state index contributed by atoms with van der Waals surface area (Å²) < 4.78 is 29.3. The van der Waals surface area contributed by atoms with Crippen LogP contribution in [0.4, 0.5) is 0 Å². The van der Waals surface area contributed by atoms with E-state index in [1.807, 2.05) is 12.1 Å². The number of nitrogens with two attached hydrogens (primary N) is 2. The zero-order valence-electron chi connectivity index (χ0n) is 11.2. The fourth-order valence-electron chi connectivity index (χ4n) is 2.68. The van der Waals surface area contributed by atoms with Crippen LogP contribution in [0.2, 0.25) is 0 Å². The summed E-state index contributed by atoms with van der Waals surface area (Å²) in [4.78, 5) is 0. The van der Waals surface area contributed by atoms with Gasteiger partial charge in [-0.15, -0.1) is 0 Å². The van der Waals surface area contributed by atoms with Crippen molar-refractivity contribution >= 4 is 9.84 Å². The summed E-state index contributed by atoms with van der Waals surface area (Å²) >= 11 is 0. The third-order valence-corrected chi connectivity index (χ3v) is 6.21. The smallest absolute Gasteiger partial charge is 0.155 e. The zero-order chi connectivity index (χ0) is 14.3. The van der Waals surface area contributed by atoms with Crippen molar-refractivity contribution in [3.63, 3.8) is 0 Å². The van der Waals surface area contributed by atoms with Gasteiger partial charge >= 0.3 is 0 Å². The summed E-state index contributed by atoms with van der Waals surface area (Å²) in [6, 6.07) is 7.32. The van der Waals surface area contributed by atoms with Crippen LogP contribution in [0.15, 0.2) is 24.3 Å². The summed E-state index contributed by atoms with van der Waals surface area (Å²) in [6.45, 7) is 1.79. The molecule has 1 aliphatic carbocycles. The molecule has 0 radical (unpaired) electrons. The van der Waals surface area contributed by atoms with Crippen LogP contribution in [0.25, 0.3) is 0 Å². The first kappa shape index (κ1) is 14.3. The van der Waals surface area contributed by atoms with Crippen LogP contribution in [0.1, 0.15) is 18.4 Å². The number of methoxy groups -OCH3 is 1. The summed E-state index contributed by atoms with van der Waals surface area (Å²) in [6.07, 6.45) is 0.